The topological polar surface area (TPSA) is 35.6 Å². The smallest absolute Gasteiger partial charge is 0.226 e. The van der Waals surface area contributed by atoms with Crippen molar-refractivity contribution in [2.45, 2.75) is 57.4 Å². The third kappa shape index (κ3) is 2.80. The van der Waals surface area contributed by atoms with Gasteiger partial charge in [-0.05, 0) is 57.0 Å². The molecular weight excluding hydrogens is 274 g/mol. The maximum absolute atomic E-state index is 12.9. The second kappa shape index (κ2) is 6.12. The fourth-order valence-electron chi connectivity index (χ4n) is 5.19. The molecule has 0 aromatic heterocycles. The van der Waals surface area contributed by atoms with Crippen LogP contribution in [0.2, 0.25) is 0 Å². The molecule has 4 heteroatoms. The van der Waals surface area contributed by atoms with Gasteiger partial charge >= 0.3 is 0 Å². The fourth-order valence-corrected chi connectivity index (χ4v) is 5.19. The molecule has 2 aliphatic heterocycles. The van der Waals surface area contributed by atoms with Crippen LogP contribution in [0, 0.1) is 11.3 Å². The van der Waals surface area contributed by atoms with E-state index in [0.717, 1.165) is 45.2 Å². The van der Waals surface area contributed by atoms with Gasteiger partial charge in [0, 0.05) is 38.1 Å². The number of amides is 1. The number of hydrogen-bond donors (Lipinski definition) is 1. The van der Waals surface area contributed by atoms with Crippen molar-refractivity contribution in [1.82, 2.24) is 15.1 Å². The van der Waals surface area contributed by atoms with Crippen LogP contribution in [0.15, 0.2) is 0 Å². The third-order valence-corrected chi connectivity index (χ3v) is 6.77. The summed E-state index contributed by atoms with van der Waals surface area (Å²) in [4.78, 5) is 17.8. The number of rotatable bonds is 2. The van der Waals surface area contributed by atoms with Crippen LogP contribution < -0.4 is 5.32 Å². The molecule has 2 saturated heterocycles. The molecule has 0 radical (unpaired) electrons. The predicted molar refractivity (Wildman–Crippen MR) is 87.7 cm³/mol. The first-order valence-corrected chi connectivity index (χ1v) is 9.52. The molecule has 2 aliphatic carbocycles. The molecule has 1 spiro atoms. The van der Waals surface area contributed by atoms with Crippen molar-refractivity contribution in [2.75, 3.05) is 39.3 Å². The molecule has 4 nitrogen and oxygen atoms in total. The van der Waals surface area contributed by atoms with E-state index >= 15 is 0 Å². The molecule has 2 heterocycles. The molecule has 0 aromatic rings. The molecule has 1 amide bonds. The lowest BCUT2D eigenvalue weighted by Crippen LogP contribution is -2.40. The first kappa shape index (κ1) is 14.9. The zero-order chi connectivity index (χ0) is 15.0. The summed E-state index contributed by atoms with van der Waals surface area (Å²) in [5.74, 6) is 0.836. The Balaban J connectivity index is 1.32. The molecule has 1 N–H and O–H groups in total. The van der Waals surface area contributed by atoms with E-state index in [1.54, 1.807) is 0 Å². The monoisotopic (exact) mass is 305 g/mol. The SMILES string of the molecule is O=C(C1CC12CCNCC2)N1CCCN(C2CCCC2)CC1. The molecule has 1 atom stereocenters. The van der Waals surface area contributed by atoms with Crippen LogP contribution in [0.25, 0.3) is 0 Å². The van der Waals surface area contributed by atoms with Crippen molar-refractivity contribution in [3.8, 4) is 0 Å². The molecule has 0 aromatic carbocycles. The van der Waals surface area contributed by atoms with Crippen molar-refractivity contribution in [1.29, 1.82) is 0 Å². The minimum absolute atomic E-state index is 0.354. The van der Waals surface area contributed by atoms with Crippen molar-refractivity contribution in [3.05, 3.63) is 0 Å². The molecule has 4 aliphatic rings. The standard InChI is InChI=1S/C18H31N3O/c22-17(16-14-18(16)6-8-19-9-7-18)21-11-3-10-20(12-13-21)15-4-1-2-5-15/h15-16,19H,1-14H2. The Morgan fingerprint density at radius 2 is 1.73 bits per heavy atom. The van der Waals surface area contributed by atoms with Crippen molar-refractivity contribution in [2.24, 2.45) is 11.3 Å². The average molecular weight is 305 g/mol. The molecule has 4 rings (SSSR count). The lowest BCUT2D eigenvalue weighted by molar-refractivity contribution is -0.133. The highest BCUT2D eigenvalue weighted by Crippen LogP contribution is 2.59. The van der Waals surface area contributed by atoms with E-state index in [0.29, 0.717) is 17.2 Å². The first-order valence-electron chi connectivity index (χ1n) is 9.52. The van der Waals surface area contributed by atoms with Crippen LogP contribution in [0.4, 0.5) is 0 Å². The number of nitrogens with zero attached hydrogens (tertiary/aromatic N) is 2. The van der Waals surface area contributed by atoms with E-state index in [9.17, 15) is 4.79 Å². The Bertz CT molecular complexity index is 413. The molecule has 0 bridgehead atoms. The summed E-state index contributed by atoms with van der Waals surface area (Å²) in [6.45, 7) is 6.50. The second-order valence-corrected chi connectivity index (χ2v) is 8.02. The van der Waals surface area contributed by atoms with Gasteiger partial charge in [-0.25, -0.2) is 0 Å². The summed E-state index contributed by atoms with van der Waals surface area (Å²) in [6.07, 6.45) is 10.3. The van der Waals surface area contributed by atoms with E-state index in [2.05, 4.69) is 15.1 Å². The maximum atomic E-state index is 12.9. The minimum Gasteiger partial charge on any atom is -0.341 e. The van der Waals surface area contributed by atoms with Crippen LogP contribution in [0.3, 0.4) is 0 Å². The fraction of sp³-hybridized carbons (Fsp3) is 0.944. The Hall–Kier alpha value is -0.610. The van der Waals surface area contributed by atoms with E-state index in [1.165, 1.54) is 51.5 Å². The average Bonchev–Trinajstić information content (AvgIpc) is 3.05. The van der Waals surface area contributed by atoms with Gasteiger partial charge in [-0.2, -0.15) is 0 Å². The normalized spacial score (nSPS) is 33.1. The van der Waals surface area contributed by atoms with Crippen LogP contribution >= 0.6 is 0 Å². The summed E-state index contributed by atoms with van der Waals surface area (Å²) in [6, 6.07) is 0.812. The number of nitrogens with one attached hydrogen (secondary N) is 1. The molecule has 124 valence electrons. The van der Waals surface area contributed by atoms with Gasteiger partial charge < -0.3 is 10.2 Å². The van der Waals surface area contributed by atoms with Gasteiger partial charge in [-0.1, -0.05) is 12.8 Å². The van der Waals surface area contributed by atoms with Crippen LogP contribution in [0.5, 0.6) is 0 Å². The highest BCUT2D eigenvalue weighted by Gasteiger charge is 2.58. The minimum atomic E-state index is 0.354. The van der Waals surface area contributed by atoms with Gasteiger partial charge in [0.15, 0.2) is 0 Å². The van der Waals surface area contributed by atoms with Crippen LogP contribution in [-0.2, 0) is 4.79 Å². The summed E-state index contributed by atoms with van der Waals surface area (Å²) in [5.41, 5.74) is 0.389. The highest BCUT2D eigenvalue weighted by atomic mass is 16.2. The number of carbonyl (C=O) groups is 1. The second-order valence-electron chi connectivity index (χ2n) is 8.02. The molecule has 1 unspecified atom stereocenters. The molecular formula is C18H31N3O. The predicted octanol–water partition coefficient (Wildman–Crippen LogP) is 1.85. The lowest BCUT2D eigenvalue weighted by Gasteiger charge is -2.28. The van der Waals surface area contributed by atoms with E-state index in [4.69, 9.17) is 0 Å². The van der Waals surface area contributed by atoms with Gasteiger partial charge in [0.2, 0.25) is 5.91 Å². The van der Waals surface area contributed by atoms with Crippen molar-refractivity contribution < 1.29 is 4.79 Å². The summed E-state index contributed by atoms with van der Waals surface area (Å²) >= 11 is 0. The van der Waals surface area contributed by atoms with E-state index < -0.39 is 0 Å². The van der Waals surface area contributed by atoms with Crippen molar-refractivity contribution >= 4 is 5.91 Å². The Morgan fingerprint density at radius 1 is 0.955 bits per heavy atom. The van der Waals surface area contributed by atoms with Crippen LogP contribution in [0.1, 0.15) is 51.4 Å². The quantitative estimate of drug-likeness (QED) is 0.846. The summed E-state index contributed by atoms with van der Waals surface area (Å²) < 4.78 is 0. The molecule has 22 heavy (non-hydrogen) atoms. The van der Waals surface area contributed by atoms with Gasteiger partial charge in [-0.15, -0.1) is 0 Å². The Morgan fingerprint density at radius 3 is 2.50 bits per heavy atom. The largest absolute Gasteiger partial charge is 0.341 e. The molecule has 2 saturated carbocycles. The zero-order valence-electron chi connectivity index (χ0n) is 13.9. The third-order valence-electron chi connectivity index (χ3n) is 6.77. The van der Waals surface area contributed by atoms with E-state index in [-0.39, 0.29) is 0 Å². The van der Waals surface area contributed by atoms with Crippen LogP contribution in [-0.4, -0.2) is 61.0 Å². The number of piperidine rings is 1. The van der Waals surface area contributed by atoms with Crippen molar-refractivity contribution in [3.63, 3.8) is 0 Å². The number of hydrogen-bond acceptors (Lipinski definition) is 3. The Kier molecular flexibility index (Phi) is 4.16. The molecule has 4 fully saturated rings. The lowest BCUT2D eigenvalue weighted by atomic mass is 9.91. The summed E-state index contributed by atoms with van der Waals surface area (Å²) in [7, 11) is 0. The summed E-state index contributed by atoms with van der Waals surface area (Å²) in [5, 5.41) is 3.43. The maximum Gasteiger partial charge on any atom is 0.226 e. The van der Waals surface area contributed by atoms with E-state index in [1.807, 2.05) is 0 Å². The highest BCUT2D eigenvalue weighted by molar-refractivity contribution is 5.82. The van der Waals surface area contributed by atoms with Gasteiger partial charge in [-0.3, -0.25) is 9.69 Å². The van der Waals surface area contributed by atoms with Gasteiger partial charge in [0.1, 0.15) is 0 Å². The number of carbonyl (C=O) groups excluding carboxylic acids is 1. The van der Waals surface area contributed by atoms with Gasteiger partial charge in [0.25, 0.3) is 0 Å². The first-order chi connectivity index (χ1) is 10.8. The van der Waals surface area contributed by atoms with Gasteiger partial charge in [0.05, 0.1) is 0 Å². The Labute approximate surface area is 134 Å². The zero-order valence-corrected chi connectivity index (χ0v) is 13.9.